The van der Waals surface area contributed by atoms with Gasteiger partial charge in [0.2, 0.25) is 0 Å². The van der Waals surface area contributed by atoms with Crippen LogP contribution < -0.4 is 10.4 Å². The van der Waals surface area contributed by atoms with Crippen LogP contribution in [0.1, 0.15) is 0 Å². The predicted octanol–water partition coefficient (Wildman–Crippen LogP) is 5.66. The maximum atomic E-state index is 2.55. The van der Waals surface area contributed by atoms with E-state index >= 15 is 0 Å². The Labute approximate surface area is 163 Å². The molecule has 0 unspecified atom stereocenters. The zero-order chi connectivity index (χ0) is 19.4. The normalized spacial score (nSPS) is 14.0. The highest BCUT2D eigenvalue weighted by atomic mass is 28.4. The van der Waals surface area contributed by atoms with Crippen LogP contribution in [0.2, 0.25) is 45.8 Å². The van der Waals surface area contributed by atoms with Crippen LogP contribution in [0.5, 0.6) is 0 Å². The van der Waals surface area contributed by atoms with E-state index in [0.717, 1.165) is 0 Å². The summed E-state index contributed by atoms with van der Waals surface area (Å²) in [5.74, 6) is 0. The van der Waals surface area contributed by atoms with Gasteiger partial charge in [0.15, 0.2) is 0 Å². The van der Waals surface area contributed by atoms with E-state index in [9.17, 15) is 0 Å². The van der Waals surface area contributed by atoms with Crippen molar-refractivity contribution in [3.8, 4) is 0 Å². The molecule has 2 aromatic carbocycles. The third-order valence-electron chi connectivity index (χ3n) is 4.91. The van der Waals surface area contributed by atoms with Gasteiger partial charge in [-0.1, -0.05) is 140 Å². The fourth-order valence-electron chi connectivity index (χ4n) is 3.62. The highest BCUT2D eigenvalue weighted by Crippen LogP contribution is 2.26. The van der Waals surface area contributed by atoms with Gasteiger partial charge in [-0.3, -0.25) is 0 Å². The molecule has 2 rings (SSSR count). The van der Waals surface area contributed by atoms with E-state index in [2.05, 4.69) is 124 Å². The molecule has 0 fully saturated rings. The summed E-state index contributed by atoms with van der Waals surface area (Å²) in [5.41, 5.74) is 2.47. The Kier molecular flexibility index (Phi) is 6.48. The predicted molar refractivity (Wildman–Crippen MR) is 128 cm³/mol. The second kappa shape index (κ2) is 8.07. The van der Waals surface area contributed by atoms with Gasteiger partial charge in [0.25, 0.3) is 0 Å². The summed E-state index contributed by atoms with van der Waals surface area (Å²) in [5, 5.41) is 3.03. The lowest BCUT2D eigenvalue weighted by Gasteiger charge is -2.38. The first-order valence-electron chi connectivity index (χ1n) is 9.57. The number of rotatable bonds is 6. The lowest BCUT2D eigenvalue weighted by atomic mass is 10.4. The summed E-state index contributed by atoms with van der Waals surface area (Å²) in [4.78, 5) is 1.72. The smallest absolute Gasteiger partial charge is 0.0950 e. The molecule has 0 N–H and O–H groups in total. The Hall–Kier alpha value is -1.43. The van der Waals surface area contributed by atoms with Crippen molar-refractivity contribution in [1.82, 2.24) is 0 Å². The van der Waals surface area contributed by atoms with Gasteiger partial charge in [0.1, 0.15) is 8.07 Å². The first kappa shape index (κ1) is 20.9. The largest absolute Gasteiger partial charge is 0.137 e. The van der Waals surface area contributed by atoms with Gasteiger partial charge < -0.3 is 0 Å². The average Bonchev–Trinajstić information content (AvgIpc) is 2.58. The molecule has 0 amide bonds. The summed E-state index contributed by atoms with van der Waals surface area (Å²) in [6.45, 7) is 17.2. The van der Waals surface area contributed by atoms with Gasteiger partial charge in [0, 0.05) is 0 Å². The molecule has 0 saturated carbocycles. The molecular weight excluding hydrogens is 361 g/mol. The van der Waals surface area contributed by atoms with Gasteiger partial charge in [-0.05, 0) is 0 Å². The topological polar surface area (TPSA) is 0 Å². The van der Waals surface area contributed by atoms with Crippen molar-refractivity contribution in [2.24, 2.45) is 0 Å². The van der Waals surface area contributed by atoms with Crippen molar-refractivity contribution < 1.29 is 0 Å². The molecule has 0 aliphatic rings. The minimum Gasteiger partial charge on any atom is -0.0950 e. The molecule has 0 aliphatic carbocycles. The van der Waals surface area contributed by atoms with Crippen molar-refractivity contribution in [3.63, 3.8) is 0 Å². The molecule has 138 valence electrons. The van der Waals surface area contributed by atoms with Gasteiger partial charge >= 0.3 is 0 Å². The lowest BCUT2D eigenvalue weighted by molar-refractivity contribution is 1.63. The molecule has 0 radical (unpaired) electrons. The summed E-state index contributed by atoms with van der Waals surface area (Å²) in [6.07, 6.45) is 4.87. The molecular formula is C23H34Si3. The molecule has 0 aliphatic heterocycles. The van der Waals surface area contributed by atoms with Gasteiger partial charge in [0.05, 0.1) is 16.1 Å². The minimum absolute atomic E-state index is 1.20. The Bertz CT molecular complexity index is 721. The van der Waals surface area contributed by atoms with Crippen LogP contribution in [-0.2, 0) is 0 Å². The SMILES string of the molecule is C[Si](C)(C)/C=C/C=C(/[Si](C)(C)C)[Si](C)(c1ccccc1)c1ccccc1. The minimum atomic E-state index is -1.98. The van der Waals surface area contributed by atoms with Crippen LogP contribution >= 0.6 is 0 Å². The summed E-state index contributed by atoms with van der Waals surface area (Å²) in [7, 11) is -4.67. The van der Waals surface area contributed by atoms with Crippen molar-refractivity contribution in [1.29, 1.82) is 0 Å². The summed E-state index contributed by atoms with van der Waals surface area (Å²) >= 11 is 0. The quantitative estimate of drug-likeness (QED) is 0.438. The van der Waals surface area contributed by atoms with Crippen molar-refractivity contribution >= 4 is 34.6 Å². The number of hydrogen-bond donors (Lipinski definition) is 0. The molecule has 26 heavy (non-hydrogen) atoms. The van der Waals surface area contributed by atoms with E-state index < -0.39 is 24.2 Å². The van der Waals surface area contributed by atoms with Crippen molar-refractivity contribution in [3.05, 3.63) is 83.3 Å². The van der Waals surface area contributed by atoms with Crippen LogP contribution in [-0.4, -0.2) is 24.2 Å². The number of hydrogen-bond acceptors (Lipinski definition) is 0. The Morgan fingerprint density at radius 3 is 1.42 bits per heavy atom. The third kappa shape index (κ3) is 5.06. The molecule has 0 aromatic heterocycles. The van der Waals surface area contributed by atoms with E-state index in [1.54, 1.807) is 4.82 Å². The summed E-state index contributed by atoms with van der Waals surface area (Å²) < 4.78 is 0. The Balaban J connectivity index is 2.72. The molecule has 0 saturated heterocycles. The zero-order valence-corrected chi connectivity index (χ0v) is 20.5. The molecule has 0 nitrogen and oxygen atoms in total. The maximum Gasteiger partial charge on any atom is 0.137 e. The van der Waals surface area contributed by atoms with Crippen molar-refractivity contribution in [2.45, 2.75) is 45.8 Å². The Morgan fingerprint density at radius 2 is 1.08 bits per heavy atom. The maximum absolute atomic E-state index is 2.55. The van der Waals surface area contributed by atoms with Gasteiger partial charge in [-0.15, -0.1) is 0 Å². The third-order valence-corrected chi connectivity index (χ3v) is 15.9. The van der Waals surface area contributed by atoms with E-state index in [-0.39, 0.29) is 0 Å². The molecule has 0 atom stereocenters. The van der Waals surface area contributed by atoms with Crippen LogP contribution in [0.3, 0.4) is 0 Å². The summed E-state index contributed by atoms with van der Waals surface area (Å²) in [6, 6.07) is 22.4. The second-order valence-corrected chi connectivity index (χ2v) is 24.0. The first-order valence-corrected chi connectivity index (χ1v) is 19.1. The molecule has 0 heterocycles. The Morgan fingerprint density at radius 1 is 0.654 bits per heavy atom. The van der Waals surface area contributed by atoms with Crippen LogP contribution in [0.4, 0.5) is 0 Å². The highest BCUT2D eigenvalue weighted by molar-refractivity contribution is 7.17. The van der Waals surface area contributed by atoms with E-state index in [1.165, 1.54) is 10.4 Å². The molecule has 3 heteroatoms. The van der Waals surface area contributed by atoms with Crippen molar-refractivity contribution in [2.75, 3.05) is 0 Å². The molecule has 0 spiro atoms. The van der Waals surface area contributed by atoms with E-state index in [1.807, 2.05) is 0 Å². The monoisotopic (exact) mass is 394 g/mol. The van der Waals surface area contributed by atoms with E-state index in [0.29, 0.717) is 0 Å². The highest BCUT2D eigenvalue weighted by Gasteiger charge is 2.41. The number of benzene rings is 2. The second-order valence-electron chi connectivity index (χ2n) is 9.41. The fraction of sp³-hybridized carbons (Fsp3) is 0.304. The number of allylic oxidation sites excluding steroid dienone is 2. The van der Waals surface area contributed by atoms with E-state index in [4.69, 9.17) is 0 Å². The van der Waals surface area contributed by atoms with Crippen LogP contribution in [0.15, 0.2) is 83.3 Å². The standard InChI is InChI=1S/C23H34Si3/c1-24(2,3)20-14-19-23(25(4,5)6)26(7,21-15-10-8-11-16-21)22-17-12-9-13-18-22/h8-20H,1-7H3/b20-14+,23-19-. The lowest BCUT2D eigenvalue weighted by Crippen LogP contribution is -2.62. The van der Waals surface area contributed by atoms with Crippen LogP contribution in [0, 0.1) is 0 Å². The van der Waals surface area contributed by atoms with Gasteiger partial charge in [-0.2, -0.15) is 0 Å². The average molecular weight is 395 g/mol. The van der Waals surface area contributed by atoms with Gasteiger partial charge in [-0.25, -0.2) is 0 Å². The van der Waals surface area contributed by atoms with Crippen LogP contribution in [0.25, 0.3) is 0 Å². The first-order chi connectivity index (χ1) is 12.0. The fourth-order valence-corrected chi connectivity index (χ4v) is 14.9. The molecule has 0 bridgehead atoms. The molecule has 2 aromatic rings. The zero-order valence-electron chi connectivity index (χ0n) is 17.5.